The molecule has 0 aliphatic heterocycles. The lowest BCUT2D eigenvalue weighted by Crippen LogP contribution is -2.36. The van der Waals surface area contributed by atoms with Gasteiger partial charge >= 0.3 is 0 Å². The lowest BCUT2D eigenvalue weighted by Gasteiger charge is -2.08. The summed E-state index contributed by atoms with van der Waals surface area (Å²) in [5.74, 6) is 1.73. The summed E-state index contributed by atoms with van der Waals surface area (Å²) >= 11 is 6.27. The summed E-state index contributed by atoms with van der Waals surface area (Å²) in [7, 11) is 5.44. The zero-order chi connectivity index (χ0) is 20.3. The van der Waals surface area contributed by atoms with Crippen LogP contribution in [0.3, 0.4) is 0 Å². The monoisotopic (exact) mass is 403 g/mol. The Morgan fingerprint density at radius 3 is 2.79 bits per heavy atom. The Morgan fingerprint density at radius 2 is 2.07 bits per heavy atom. The van der Waals surface area contributed by atoms with Crippen LogP contribution >= 0.6 is 11.6 Å². The van der Waals surface area contributed by atoms with Gasteiger partial charge in [0.25, 0.3) is 5.91 Å². The number of halogens is 1. The SMILES string of the molecule is CN=C(N)NC(=O)c1cc2c(Cl)ccc(OCc3ccc(CN(C)C)o3)c2[nH]1. The average molecular weight is 404 g/mol. The fourth-order valence-corrected chi connectivity index (χ4v) is 2.90. The molecule has 0 unspecified atom stereocenters. The van der Waals surface area contributed by atoms with Crippen molar-refractivity contribution < 1.29 is 13.9 Å². The number of hydrogen-bond donors (Lipinski definition) is 3. The normalized spacial score (nSPS) is 12.0. The maximum Gasteiger partial charge on any atom is 0.274 e. The Kier molecular flexibility index (Phi) is 5.91. The molecule has 4 N–H and O–H groups in total. The lowest BCUT2D eigenvalue weighted by atomic mass is 10.2. The zero-order valence-electron chi connectivity index (χ0n) is 15.9. The first-order valence-electron chi connectivity index (χ1n) is 8.57. The summed E-state index contributed by atoms with van der Waals surface area (Å²) in [5.41, 5.74) is 6.46. The number of guanidine groups is 1. The van der Waals surface area contributed by atoms with E-state index in [2.05, 4.69) is 15.3 Å². The molecule has 0 bridgehead atoms. The molecule has 0 saturated carbocycles. The fourth-order valence-electron chi connectivity index (χ4n) is 2.69. The van der Waals surface area contributed by atoms with Gasteiger partial charge < -0.3 is 24.8 Å². The molecule has 0 fully saturated rings. The Bertz CT molecular complexity index is 1020. The van der Waals surface area contributed by atoms with Crippen molar-refractivity contribution in [3.05, 3.63) is 52.6 Å². The predicted octanol–water partition coefficient (Wildman–Crippen LogP) is 2.73. The number of hydrogen-bond acceptors (Lipinski definition) is 5. The zero-order valence-corrected chi connectivity index (χ0v) is 16.6. The molecule has 0 atom stereocenters. The van der Waals surface area contributed by atoms with Gasteiger partial charge in [0.1, 0.15) is 29.6 Å². The minimum absolute atomic E-state index is 0.0255. The van der Waals surface area contributed by atoms with E-state index in [1.165, 1.54) is 7.05 Å². The van der Waals surface area contributed by atoms with Gasteiger partial charge in [-0.15, -0.1) is 0 Å². The molecule has 9 heteroatoms. The summed E-state index contributed by atoms with van der Waals surface area (Å²) in [6, 6.07) is 8.91. The van der Waals surface area contributed by atoms with E-state index < -0.39 is 5.91 Å². The van der Waals surface area contributed by atoms with Gasteiger partial charge in [0.2, 0.25) is 0 Å². The van der Waals surface area contributed by atoms with E-state index in [1.54, 1.807) is 18.2 Å². The first-order valence-corrected chi connectivity index (χ1v) is 8.95. The van der Waals surface area contributed by atoms with E-state index in [1.807, 2.05) is 31.1 Å². The minimum Gasteiger partial charge on any atom is -0.483 e. The Morgan fingerprint density at radius 1 is 1.32 bits per heavy atom. The maximum absolute atomic E-state index is 12.3. The van der Waals surface area contributed by atoms with Crippen LogP contribution in [0.1, 0.15) is 22.0 Å². The van der Waals surface area contributed by atoms with Crippen LogP contribution in [0.5, 0.6) is 5.75 Å². The molecule has 2 heterocycles. The molecule has 0 aliphatic carbocycles. The molecule has 3 aromatic rings. The van der Waals surface area contributed by atoms with Crippen molar-refractivity contribution in [3.8, 4) is 5.75 Å². The molecule has 28 heavy (non-hydrogen) atoms. The van der Waals surface area contributed by atoms with Crippen LogP contribution in [0.4, 0.5) is 0 Å². The maximum atomic E-state index is 12.3. The number of amides is 1. The van der Waals surface area contributed by atoms with Gasteiger partial charge in [-0.1, -0.05) is 11.6 Å². The highest BCUT2D eigenvalue weighted by Gasteiger charge is 2.16. The molecule has 0 radical (unpaired) electrons. The number of aliphatic imine (C=N–C) groups is 1. The van der Waals surface area contributed by atoms with Crippen molar-refractivity contribution in [2.45, 2.75) is 13.2 Å². The number of nitrogens with two attached hydrogens (primary N) is 1. The van der Waals surface area contributed by atoms with Crippen molar-refractivity contribution in [1.29, 1.82) is 0 Å². The van der Waals surface area contributed by atoms with Crippen molar-refractivity contribution >= 4 is 34.4 Å². The van der Waals surface area contributed by atoms with Crippen LogP contribution in [0.25, 0.3) is 10.9 Å². The molecular formula is C19H22ClN5O3. The van der Waals surface area contributed by atoms with Crippen LogP contribution in [-0.2, 0) is 13.2 Å². The third-order valence-corrected chi connectivity index (χ3v) is 4.32. The Hall–Kier alpha value is -2.97. The highest BCUT2D eigenvalue weighted by atomic mass is 35.5. The summed E-state index contributed by atoms with van der Waals surface area (Å²) in [4.78, 5) is 21.0. The summed E-state index contributed by atoms with van der Waals surface area (Å²) in [6.07, 6.45) is 0. The quantitative estimate of drug-likeness (QED) is 0.433. The molecule has 1 aromatic carbocycles. The molecular weight excluding hydrogens is 382 g/mol. The first kappa shape index (κ1) is 19.8. The Labute approximate surface area is 167 Å². The van der Waals surface area contributed by atoms with E-state index in [0.717, 1.165) is 5.76 Å². The lowest BCUT2D eigenvalue weighted by molar-refractivity contribution is 0.0972. The van der Waals surface area contributed by atoms with E-state index in [4.69, 9.17) is 26.5 Å². The molecule has 8 nitrogen and oxygen atoms in total. The average Bonchev–Trinajstić information content (AvgIpc) is 3.28. The second-order valence-electron chi connectivity index (χ2n) is 6.47. The number of aromatic nitrogens is 1. The summed E-state index contributed by atoms with van der Waals surface area (Å²) in [5, 5.41) is 3.65. The summed E-state index contributed by atoms with van der Waals surface area (Å²) in [6.45, 7) is 0.963. The predicted molar refractivity (Wildman–Crippen MR) is 109 cm³/mol. The molecule has 0 aliphatic rings. The fraction of sp³-hybridized carbons (Fsp3) is 0.263. The van der Waals surface area contributed by atoms with Gasteiger partial charge in [0.15, 0.2) is 5.96 Å². The largest absolute Gasteiger partial charge is 0.483 e. The minimum atomic E-state index is -0.416. The Balaban J connectivity index is 1.80. The highest BCUT2D eigenvalue weighted by molar-refractivity contribution is 6.35. The molecule has 2 aromatic heterocycles. The number of ether oxygens (including phenoxy) is 1. The summed E-state index contributed by atoms with van der Waals surface area (Å²) < 4.78 is 11.7. The number of carbonyl (C=O) groups is 1. The number of rotatable bonds is 6. The first-order chi connectivity index (χ1) is 13.4. The van der Waals surface area contributed by atoms with E-state index in [9.17, 15) is 4.79 Å². The van der Waals surface area contributed by atoms with E-state index in [-0.39, 0.29) is 12.6 Å². The van der Waals surface area contributed by atoms with E-state index in [0.29, 0.717) is 39.7 Å². The molecule has 1 amide bonds. The van der Waals surface area contributed by atoms with Crippen molar-refractivity contribution in [2.75, 3.05) is 21.1 Å². The number of H-pyrrole nitrogens is 1. The molecule has 0 saturated heterocycles. The van der Waals surface area contributed by atoms with Gasteiger partial charge in [-0.3, -0.25) is 15.1 Å². The number of nitrogens with zero attached hydrogens (tertiary/aromatic N) is 2. The molecule has 148 valence electrons. The third-order valence-electron chi connectivity index (χ3n) is 3.99. The van der Waals surface area contributed by atoms with Crippen molar-refractivity contribution in [3.63, 3.8) is 0 Å². The number of fused-ring (bicyclic) bond motifs is 1. The van der Waals surface area contributed by atoms with Crippen molar-refractivity contribution in [1.82, 2.24) is 15.2 Å². The van der Waals surface area contributed by atoms with Gasteiger partial charge in [-0.25, -0.2) is 0 Å². The number of carbonyl (C=O) groups excluding carboxylic acids is 1. The number of benzene rings is 1. The number of aromatic amines is 1. The second kappa shape index (κ2) is 8.37. The van der Waals surface area contributed by atoms with Gasteiger partial charge in [0.05, 0.1) is 17.1 Å². The second-order valence-corrected chi connectivity index (χ2v) is 6.88. The highest BCUT2D eigenvalue weighted by Crippen LogP contribution is 2.32. The number of furan rings is 1. The standard InChI is InChI=1S/C19H22ClN5O3/c1-22-19(21)24-18(26)15-8-13-14(20)6-7-16(17(13)23-15)27-10-12-5-4-11(28-12)9-25(2)3/h4-8,23H,9-10H2,1-3H3,(H3,21,22,24,26). The number of nitrogens with one attached hydrogen (secondary N) is 2. The topological polar surface area (TPSA) is 109 Å². The van der Waals surface area contributed by atoms with E-state index >= 15 is 0 Å². The smallest absolute Gasteiger partial charge is 0.274 e. The van der Waals surface area contributed by atoms with Crippen LogP contribution < -0.4 is 15.8 Å². The molecule has 3 rings (SSSR count). The van der Waals surface area contributed by atoms with Crippen LogP contribution in [0, 0.1) is 0 Å². The van der Waals surface area contributed by atoms with Crippen LogP contribution in [0.2, 0.25) is 5.02 Å². The van der Waals surface area contributed by atoms with Crippen LogP contribution in [0.15, 0.2) is 39.7 Å². The van der Waals surface area contributed by atoms with Crippen LogP contribution in [-0.4, -0.2) is 42.9 Å². The third kappa shape index (κ3) is 4.47. The van der Waals surface area contributed by atoms with Gasteiger partial charge in [0, 0.05) is 12.4 Å². The van der Waals surface area contributed by atoms with Gasteiger partial charge in [-0.05, 0) is 44.4 Å². The molecule has 0 spiro atoms. The van der Waals surface area contributed by atoms with Gasteiger partial charge in [-0.2, -0.15) is 0 Å². The van der Waals surface area contributed by atoms with Crippen molar-refractivity contribution in [2.24, 2.45) is 10.7 Å².